The maximum Gasteiger partial charge on any atom is 0.323 e. The zero-order chi connectivity index (χ0) is 25.6. The van der Waals surface area contributed by atoms with Crippen molar-refractivity contribution in [3.05, 3.63) is 66.2 Å². The van der Waals surface area contributed by atoms with Gasteiger partial charge in [0.2, 0.25) is 0 Å². The molecule has 1 saturated heterocycles. The van der Waals surface area contributed by atoms with E-state index in [1.54, 1.807) is 0 Å². The number of nitrogen functional groups attached to an aromatic ring is 1. The molecule has 1 aliphatic heterocycles. The fraction of sp³-hybridized carbons (Fsp3) is 0.286. The van der Waals surface area contributed by atoms with E-state index in [2.05, 4.69) is 32.7 Å². The first-order valence-electron chi connectivity index (χ1n) is 12.6. The van der Waals surface area contributed by atoms with Crippen LogP contribution in [0.25, 0.3) is 22.0 Å². The van der Waals surface area contributed by atoms with E-state index in [-0.39, 0.29) is 6.03 Å². The average Bonchev–Trinajstić information content (AvgIpc) is 3.32. The summed E-state index contributed by atoms with van der Waals surface area (Å²) in [5.41, 5.74) is 11.5. The lowest BCUT2D eigenvalue weighted by atomic mass is 10.0. The van der Waals surface area contributed by atoms with E-state index in [1.807, 2.05) is 60.7 Å². The molecular weight excluding hydrogens is 468 g/mol. The number of carbonyl (C=O) groups is 1. The largest absolute Gasteiger partial charge is 0.490 e. The molecule has 1 aromatic heterocycles. The summed E-state index contributed by atoms with van der Waals surface area (Å²) < 4.78 is 11.5. The van der Waals surface area contributed by atoms with E-state index in [1.165, 1.54) is 5.56 Å². The fourth-order valence-corrected chi connectivity index (χ4v) is 4.50. The summed E-state index contributed by atoms with van der Waals surface area (Å²) in [6, 6.07) is 19.1. The van der Waals surface area contributed by atoms with Gasteiger partial charge in [0.15, 0.2) is 5.82 Å². The van der Waals surface area contributed by atoms with Crippen LogP contribution in [-0.2, 0) is 11.2 Å². The first-order valence-corrected chi connectivity index (χ1v) is 12.6. The third-order valence-electron chi connectivity index (χ3n) is 6.53. The smallest absolute Gasteiger partial charge is 0.323 e. The molecule has 0 unspecified atom stereocenters. The number of morpholine rings is 1. The molecule has 4 aromatic rings. The van der Waals surface area contributed by atoms with E-state index in [0.717, 1.165) is 72.7 Å². The highest BCUT2D eigenvalue weighted by Crippen LogP contribution is 2.36. The lowest BCUT2D eigenvalue weighted by molar-refractivity contribution is 0.0323. The third kappa shape index (κ3) is 5.84. The number of nitrogens with one attached hydrogen (secondary N) is 3. The SMILES string of the molecule is CCc1cccc(NC(=O)Nc2ccc(-c3ccc(OCCN4CCOCC4)c4[nH]nc(N)c34)cc2)c1. The van der Waals surface area contributed by atoms with Crippen molar-refractivity contribution in [1.29, 1.82) is 0 Å². The fourth-order valence-electron chi connectivity index (χ4n) is 4.50. The van der Waals surface area contributed by atoms with Gasteiger partial charge in [-0.1, -0.05) is 31.2 Å². The predicted octanol–water partition coefficient (Wildman–Crippen LogP) is 4.73. The van der Waals surface area contributed by atoms with Gasteiger partial charge in [0, 0.05) is 31.0 Å². The van der Waals surface area contributed by atoms with Crippen molar-refractivity contribution < 1.29 is 14.3 Å². The first kappa shape index (κ1) is 24.6. The van der Waals surface area contributed by atoms with Crippen LogP contribution in [0.3, 0.4) is 0 Å². The number of carbonyl (C=O) groups excluding carboxylic acids is 1. The van der Waals surface area contributed by atoms with Gasteiger partial charge in [-0.05, 0) is 59.5 Å². The normalized spacial score (nSPS) is 14.0. The van der Waals surface area contributed by atoms with Crippen molar-refractivity contribution >= 4 is 34.1 Å². The minimum absolute atomic E-state index is 0.291. The number of benzene rings is 3. The Hall–Kier alpha value is -4.08. The van der Waals surface area contributed by atoms with E-state index < -0.39 is 0 Å². The Kier molecular flexibility index (Phi) is 7.53. The number of aromatic amines is 1. The number of nitrogens with two attached hydrogens (primary N) is 1. The Balaban J connectivity index is 1.26. The first-order chi connectivity index (χ1) is 18.1. The molecule has 0 atom stereocenters. The minimum atomic E-state index is -0.291. The molecule has 3 aromatic carbocycles. The van der Waals surface area contributed by atoms with Crippen LogP contribution in [0, 0.1) is 0 Å². The van der Waals surface area contributed by atoms with Gasteiger partial charge in [-0.25, -0.2) is 4.79 Å². The van der Waals surface area contributed by atoms with Crippen molar-refractivity contribution in [2.45, 2.75) is 13.3 Å². The molecule has 9 nitrogen and oxygen atoms in total. The summed E-state index contributed by atoms with van der Waals surface area (Å²) in [5.74, 6) is 1.14. The highest BCUT2D eigenvalue weighted by molar-refractivity contribution is 6.04. The Bertz CT molecular complexity index is 1360. The number of ether oxygens (including phenoxy) is 2. The highest BCUT2D eigenvalue weighted by Gasteiger charge is 2.16. The standard InChI is InChI=1S/C28H32N6O3/c1-2-19-4-3-5-22(18-19)31-28(35)30-21-8-6-20(7-9-21)23-10-11-24(26-25(23)27(29)33-32-26)37-17-14-34-12-15-36-16-13-34/h3-11,18H,2,12-17H2,1H3,(H3,29,32,33)(H2,30,31,35). The Morgan fingerprint density at radius 3 is 2.65 bits per heavy atom. The van der Waals surface area contributed by atoms with Gasteiger partial charge in [-0.15, -0.1) is 0 Å². The van der Waals surface area contributed by atoms with Gasteiger partial charge in [-0.3, -0.25) is 10.00 Å². The molecule has 2 heterocycles. The van der Waals surface area contributed by atoms with Gasteiger partial charge < -0.3 is 25.8 Å². The maximum absolute atomic E-state index is 12.5. The molecular formula is C28H32N6O3. The second kappa shape index (κ2) is 11.3. The molecule has 9 heteroatoms. The molecule has 192 valence electrons. The predicted molar refractivity (Wildman–Crippen MR) is 147 cm³/mol. The minimum Gasteiger partial charge on any atom is -0.490 e. The number of urea groups is 1. The summed E-state index contributed by atoms with van der Waals surface area (Å²) in [6.07, 6.45) is 0.911. The molecule has 5 rings (SSSR count). The van der Waals surface area contributed by atoms with E-state index in [4.69, 9.17) is 15.2 Å². The number of fused-ring (bicyclic) bond motifs is 1. The van der Waals surface area contributed by atoms with Crippen LogP contribution < -0.4 is 21.1 Å². The van der Waals surface area contributed by atoms with Crippen LogP contribution >= 0.6 is 0 Å². The number of hydrogen-bond donors (Lipinski definition) is 4. The van der Waals surface area contributed by atoms with E-state index in [0.29, 0.717) is 18.1 Å². The van der Waals surface area contributed by atoms with Gasteiger partial charge in [0.05, 0.1) is 18.6 Å². The van der Waals surface area contributed by atoms with Crippen molar-refractivity contribution in [2.75, 3.05) is 55.8 Å². The molecule has 5 N–H and O–H groups in total. The molecule has 2 amide bonds. The topological polar surface area (TPSA) is 118 Å². The Labute approximate surface area is 215 Å². The van der Waals surface area contributed by atoms with Crippen molar-refractivity contribution in [3.8, 4) is 16.9 Å². The summed E-state index contributed by atoms with van der Waals surface area (Å²) in [5, 5.41) is 13.8. The Morgan fingerprint density at radius 2 is 1.86 bits per heavy atom. The number of H-pyrrole nitrogens is 1. The highest BCUT2D eigenvalue weighted by atomic mass is 16.5. The second-order valence-corrected chi connectivity index (χ2v) is 8.98. The van der Waals surface area contributed by atoms with Crippen LogP contribution in [0.5, 0.6) is 5.75 Å². The van der Waals surface area contributed by atoms with Gasteiger partial charge in [0.25, 0.3) is 0 Å². The number of amides is 2. The van der Waals surface area contributed by atoms with Gasteiger partial charge in [0.1, 0.15) is 17.9 Å². The van der Waals surface area contributed by atoms with E-state index >= 15 is 0 Å². The molecule has 0 aliphatic carbocycles. The number of nitrogens with zero attached hydrogens (tertiary/aromatic N) is 2. The van der Waals surface area contributed by atoms with Crippen LogP contribution in [0.1, 0.15) is 12.5 Å². The maximum atomic E-state index is 12.5. The number of anilines is 3. The molecule has 1 fully saturated rings. The number of hydrogen-bond acceptors (Lipinski definition) is 6. The quantitative estimate of drug-likeness (QED) is 0.278. The van der Waals surface area contributed by atoms with Crippen molar-refractivity contribution in [1.82, 2.24) is 15.1 Å². The van der Waals surface area contributed by atoms with Crippen LogP contribution in [-0.4, -0.2) is 60.6 Å². The summed E-state index contributed by atoms with van der Waals surface area (Å²) in [6.45, 7) is 6.87. The molecule has 37 heavy (non-hydrogen) atoms. The third-order valence-corrected chi connectivity index (χ3v) is 6.53. The molecule has 1 aliphatic rings. The molecule has 0 saturated carbocycles. The van der Waals surface area contributed by atoms with Gasteiger partial charge in [-0.2, -0.15) is 5.10 Å². The lowest BCUT2D eigenvalue weighted by Gasteiger charge is -2.26. The van der Waals surface area contributed by atoms with Crippen molar-refractivity contribution in [3.63, 3.8) is 0 Å². The average molecular weight is 501 g/mol. The van der Waals surface area contributed by atoms with Crippen LogP contribution in [0.15, 0.2) is 60.7 Å². The number of aryl methyl sites for hydroxylation is 1. The lowest BCUT2D eigenvalue weighted by Crippen LogP contribution is -2.38. The zero-order valence-corrected chi connectivity index (χ0v) is 20.9. The molecule has 0 spiro atoms. The number of aromatic nitrogens is 2. The molecule has 0 bridgehead atoms. The zero-order valence-electron chi connectivity index (χ0n) is 20.9. The molecule has 0 radical (unpaired) electrons. The number of rotatable bonds is 8. The summed E-state index contributed by atoms with van der Waals surface area (Å²) in [7, 11) is 0. The van der Waals surface area contributed by atoms with Crippen LogP contribution in [0.4, 0.5) is 22.0 Å². The summed E-state index contributed by atoms with van der Waals surface area (Å²) in [4.78, 5) is 14.8. The second-order valence-electron chi connectivity index (χ2n) is 8.98. The van der Waals surface area contributed by atoms with Crippen LogP contribution in [0.2, 0.25) is 0 Å². The van der Waals surface area contributed by atoms with Crippen molar-refractivity contribution in [2.24, 2.45) is 0 Å². The summed E-state index contributed by atoms with van der Waals surface area (Å²) >= 11 is 0. The van der Waals surface area contributed by atoms with Gasteiger partial charge >= 0.3 is 6.03 Å². The van der Waals surface area contributed by atoms with E-state index in [9.17, 15) is 4.79 Å². The monoisotopic (exact) mass is 500 g/mol. The Morgan fingerprint density at radius 1 is 1.08 bits per heavy atom.